The zero-order valence-corrected chi connectivity index (χ0v) is 14.9. The van der Waals surface area contributed by atoms with Gasteiger partial charge in [-0.15, -0.1) is 0 Å². The minimum Gasteiger partial charge on any atom is -0.323 e. The zero-order valence-electron chi connectivity index (χ0n) is 14.9. The topological polar surface area (TPSA) is 61.9 Å². The van der Waals surface area contributed by atoms with Gasteiger partial charge in [0, 0.05) is 24.4 Å². The first-order valence-corrected chi connectivity index (χ1v) is 8.47. The van der Waals surface area contributed by atoms with Crippen molar-refractivity contribution in [2.45, 2.75) is 38.6 Å². The van der Waals surface area contributed by atoms with E-state index in [1.54, 1.807) is 24.1 Å². The lowest BCUT2D eigenvalue weighted by atomic mass is 9.76. The molecule has 0 unspecified atom stereocenters. The Kier molecular flexibility index (Phi) is 4.45. The molecule has 0 N–H and O–H groups in total. The Morgan fingerprint density at radius 3 is 2.56 bits per heavy atom. The molecule has 0 saturated heterocycles. The number of benzene rings is 1. The molecule has 0 aliphatic heterocycles. The Hall–Kier alpha value is -2.87. The van der Waals surface area contributed by atoms with E-state index < -0.39 is 5.54 Å². The van der Waals surface area contributed by atoms with Gasteiger partial charge in [0.1, 0.15) is 5.54 Å². The standard InChI is InChI=1S/C20H22N4O/c1-15-18(16(2)24(22-15)17-8-5-4-6-9-17)10-11-19(25)23(3)20(14-21)12-7-13-20/h4-6,8-11H,7,12-13H2,1-3H3/b11-10+. The summed E-state index contributed by atoms with van der Waals surface area (Å²) in [6, 6.07) is 12.2. The van der Waals surface area contributed by atoms with Crippen molar-refractivity contribution in [2.24, 2.45) is 0 Å². The molecule has 1 fully saturated rings. The molecule has 128 valence electrons. The Morgan fingerprint density at radius 1 is 1.32 bits per heavy atom. The first-order valence-electron chi connectivity index (χ1n) is 8.47. The molecule has 0 radical (unpaired) electrons. The number of nitrogens with zero attached hydrogens (tertiary/aromatic N) is 4. The van der Waals surface area contributed by atoms with Crippen LogP contribution in [0.25, 0.3) is 11.8 Å². The fourth-order valence-electron chi connectivity index (χ4n) is 3.23. The molecule has 1 aromatic heterocycles. The number of aryl methyl sites for hydroxylation is 1. The fraction of sp³-hybridized carbons (Fsp3) is 0.350. The van der Waals surface area contributed by atoms with Crippen molar-refractivity contribution in [1.82, 2.24) is 14.7 Å². The number of rotatable bonds is 4. The second-order valence-corrected chi connectivity index (χ2v) is 6.56. The number of likely N-dealkylation sites (N-methyl/N-ethyl adjacent to an activating group) is 1. The fourth-order valence-corrected chi connectivity index (χ4v) is 3.23. The molecule has 5 nitrogen and oxygen atoms in total. The summed E-state index contributed by atoms with van der Waals surface area (Å²) in [7, 11) is 1.71. The molecule has 5 heteroatoms. The van der Waals surface area contributed by atoms with Crippen LogP contribution in [0.5, 0.6) is 0 Å². The van der Waals surface area contributed by atoms with Crippen LogP contribution in [0.4, 0.5) is 0 Å². The third-order valence-corrected chi connectivity index (χ3v) is 5.10. The molecule has 1 saturated carbocycles. The first kappa shape index (κ1) is 17.0. The van der Waals surface area contributed by atoms with Crippen molar-refractivity contribution in [1.29, 1.82) is 5.26 Å². The van der Waals surface area contributed by atoms with Crippen molar-refractivity contribution >= 4 is 12.0 Å². The summed E-state index contributed by atoms with van der Waals surface area (Å²) in [4.78, 5) is 14.0. The number of amides is 1. The number of hydrogen-bond donors (Lipinski definition) is 0. The Morgan fingerprint density at radius 2 is 2.00 bits per heavy atom. The molecule has 2 aromatic rings. The second kappa shape index (κ2) is 6.56. The van der Waals surface area contributed by atoms with E-state index in [1.807, 2.05) is 48.9 Å². The molecular formula is C20H22N4O. The highest BCUT2D eigenvalue weighted by atomic mass is 16.2. The maximum Gasteiger partial charge on any atom is 0.247 e. The van der Waals surface area contributed by atoms with E-state index in [2.05, 4.69) is 11.2 Å². The number of carbonyl (C=O) groups is 1. The second-order valence-electron chi connectivity index (χ2n) is 6.56. The summed E-state index contributed by atoms with van der Waals surface area (Å²) in [6.45, 7) is 3.92. The van der Waals surface area contributed by atoms with E-state index in [1.165, 1.54) is 0 Å². The summed E-state index contributed by atoms with van der Waals surface area (Å²) in [6.07, 6.45) is 5.85. The van der Waals surface area contributed by atoms with Gasteiger partial charge in [-0.2, -0.15) is 10.4 Å². The molecule has 1 aliphatic carbocycles. The van der Waals surface area contributed by atoms with Crippen LogP contribution in [0.3, 0.4) is 0 Å². The molecule has 0 spiro atoms. The molecule has 1 heterocycles. The predicted molar refractivity (Wildman–Crippen MR) is 97.0 cm³/mol. The van der Waals surface area contributed by atoms with Crippen molar-refractivity contribution < 1.29 is 4.79 Å². The average Bonchev–Trinajstić information content (AvgIpc) is 2.87. The highest BCUT2D eigenvalue weighted by Crippen LogP contribution is 2.36. The zero-order chi connectivity index (χ0) is 18.0. The molecule has 25 heavy (non-hydrogen) atoms. The van der Waals surface area contributed by atoms with Gasteiger partial charge in [-0.25, -0.2) is 4.68 Å². The van der Waals surface area contributed by atoms with Crippen LogP contribution in [-0.4, -0.2) is 33.2 Å². The molecule has 3 rings (SSSR count). The number of hydrogen-bond acceptors (Lipinski definition) is 3. The van der Waals surface area contributed by atoms with E-state index >= 15 is 0 Å². The molecule has 1 aliphatic rings. The summed E-state index contributed by atoms with van der Waals surface area (Å²) >= 11 is 0. The highest BCUT2D eigenvalue weighted by molar-refractivity contribution is 5.92. The largest absolute Gasteiger partial charge is 0.323 e. The van der Waals surface area contributed by atoms with Gasteiger partial charge < -0.3 is 4.90 Å². The highest BCUT2D eigenvalue weighted by Gasteiger charge is 2.42. The monoisotopic (exact) mass is 334 g/mol. The minimum atomic E-state index is -0.625. The van der Waals surface area contributed by atoms with Crippen LogP contribution in [0, 0.1) is 25.2 Å². The van der Waals surface area contributed by atoms with Crippen molar-refractivity contribution in [2.75, 3.05) is 7.05 Å². The van der Waals surface area contributed by atoms with Crippen LogP contribution in [0.15, 0.2) is 36.4 Å². The van der Waals surface area contributed by atoms with Gasteiger partial charge in [0.2, 0.25) is 5.91 Å². The Balaban J connectivity index is 1.84. The van der Waals surface area contributed by atoms with Gasteiger partial charge in [-0.3, -0.25) is 4.79 Å². The van der Waals surface area contributed by atoms with Gasteiger partial charge in [0.05, 0.1) is 17.5 Å². The van der Waals surface area contributed by atoms with Gasteiger partial charge in [0.25, 0.3) is 0 Å². The van der Waals surface area contributed by atoms with Crippen molar-refractivity contribution in [3.8, 4) is 11.8 Å². The van der Waals surface area contributed by atoms with Crippen molar-refractivity contribution in [3.63, 3.8) is 0 Å². The molecular weight excluding hydrogens is 312 g/mol. The van der Waals surface area contributed by atoms with Crippen molar-refractivity contribution in [3.05, 3.63) is 53.4 Å². The third-order valence-electron chi connectivity index (χ3n) is 5.10. The molecule has 1 amide bonds. The minimum absolute atomic E-state index is 0.146. The molecule has 0 atom stereocenters. The number of nitriles is 1. The average molecular weight is 334 g/mol. The number of aromatic nitrogens is 2. The van der Waals surface area contributed by atoms with E-state index in [0.29, 0.717) is 0 Å². The van der Waals surface area contributed by atoms with Crippen LogP contribution in [0.2, 0.25) is 0 Å². The molecule has 0 bridgehead atoms. The quantitative estimate of drug-likeness (QED) is 0.805. The lowest BCUT2D eigenvalue weighted by molar-refractivity contribution is -0.130. The summed E-state index contributed by atoms with van der Waals surface area (Å²) < 4.78 is 1.88. The Labute approximate surface area is 148 Å². The van der Waals surface area contributed by atoms with Crippen LogP contribution in [-0.2, 0) is 4.79 Å². The maximum atomic E-state index is 12.5. The van der Waals surface area contributed by atoms with Gasteiger partial charge in [0.15, 0.2) is 0 Å². The van der Waals surface area contributed by atoms with Crippen LogP contribution >= 0.6 is 0 Å². The van der Waals surface area contributed by atoms with Gasteiger partial charge in [-0.1, -0.05) is 18.2 Å². The Bertz CT molecular complexity index is 854. The van der Waals surface area contributed by atoms with Gasteiger partial charge in [-0.05, 0) is 51.3 Å². The van der Waals surface area contributed by atoms with E-state index in [9.17, 15) is 10.1 Å². The van der Waals surface area contributed by atoms with Crippen LogP contribution in [0.1, 0.15) is 36.2 Å². The number of carbonyl (C=O) groups excluding carboxylic acids is 1. The van der Waals surface area contributed by atoms with E-state index in [0.717, 1.165) is 41.9 Å². The lowest BCUT2D eigenvalue weighted by Gasteiger charge is -2.42. The van der Waals surface area contributed by atoms with Crippen LogP contribution < -0.4 is 0 Å². The third kappa shape index (κ3) is 2.96. The van der Waals surface area contributed by atoms with E-state index in [-0.39, 0.29) is 5.91 Å². The van der Waals surface area contributed by atoms with E-state index in [4.69, 9.17) is 0 Å². The summed E-state index contributed by atoms with van der Waals surface area (Å²) in [5, 5.41) is 14.0. The summed E-state index contributed by atoms with van der Waals surface area (Å²) in [5.41, 5.74) is 3.15. The normalized spacial score (nSPS) is 15.6. The molecule has 1 aromatic carbocycles. The summed E-state index contributed by atoms with van der Waals surface area (Å²) in [5.74, 6) is -0.146. The predicted octanol–water partition coefficient (Wildman–Crippen LogP) is 3.41. The smallest absolute Gasteiger partial charge is 0.247 e. The SMILES string of the molecule is Cc1nn(-c2ccccc2)c(C)c1/C=C/C(=O)N(C)C1(C#N)CCC1. The number of para-hydroxylation sites is 1. The lowest BCUT2D eigenvalue weighted by Crippen LogP contribution is -2.52. The maximum absolute atomic E-state index is 12.5. The van der Waals surface area contributed by atoms with Gasteiger partial charge >= 0.3 is 0 Å². The first-order chi connectivity index (χ1) is 12.0.